The van der Waals surface area contributed by atoms with Crippen molar-refractivity contribution in [2.45, 2.75) is 31.9 Å². The minimum atomic E-state index is -2.97. The quantitative estimate of drug-likeness (QED) is 0.725. The Kier molecular flexibility index (Phi) is 4.47. The third-order valence-electron chi connectivity index (χ3n) is 3.92. The van der Waals surface area contributed by atoms with E-state index in [0.29, 0.717) is 25.9 Å². The lowest BCUT2D eigenvalue weighted by Crippen LogP contribution is -2.45. The molecule has 2 atom stereocenters. The maximum absolute atomic E-state index is 12.2. The number of rotatable bonds is 4. The van der Waals surface area contributed by atoms with Crippen LogP contribution >= 0.6 is 0 Å². The van der Waals surface area contributed by atoms with Crippen LogP contribution in [0.2, 0.25) is 0 Å². The molecule has 1 amide bonds. The van der Waals surface area contributed by atoms with Gasteiger partial charge in [-0.15, -0.1) is 0 Å². The predicted molar refractivity (Wildman–Crippen MR) is 71.5 cm³/mol. The number of hydrogen-bond donors (Lipinski definition) is 1. The van der Waals surface area contributed by atoms with E-state index in [9.17, 15) is 18.3 Å². The Morgan fingerprint density at radius 2 is 2.16 bits per heavy atom. The highest BCUT2D eigenvalue weighted by Crippen LogP contribution is 2.18. The van der Waals surface area contributed by atoms with Crippen LogP contribution in [0, 0.1) is 0 Å². The number of hydrogen-bond acceptors (Lipinski definition) is 5. The molecular formula is C12H22N2O4S. The number of nitrogens with zero attached hydrogens (tertiary/aromatic N) is 2. The van der Waals surface area contributed by atoms with Gasteiger partial charge >= 0.3 is 0 Å². The van der Waals surface area contributed by atoms with Gasteiger partial charge < -0.3 is 10.0 Å². The number of sulfone groups is 1. The van der Waals surface area contributed by atoms with Crippen molar-refractivity contribution in [2.24, 2.45) is 0 Å². The molecule has 6 nitrogen and oxygen atoms in total. The van der Waals surface area contributed by atoms with Gasteiger partial charge in [0.1, 0.15) is 0 Å². The van der Waals surface area contributed by atoms with Crippen LogP contribution in [0.3, 0.4) is 0 Å². The fraction of sp³-hybridized carbons (Fsp3) is 0.917. The van der Waals surface area contributed by atoms with Crippen LogP contribution < -0.4 is 0 Å². The highest BCUT2D eigenvalue weighted by Gasteiger charge is 2.34. The Balaban J connectivity index is 1.92. The predicted octanol–water partition coefficient (Wildman–Crippen LogP) is -0.911. The molecule has 0 aromatic rings. The summed E-state index contributed by atoms with van der Waals surface area (Å²) in [5, 5.41) is 9.44. The summed E-state index contributed by atoms with van der Waals surface area (Å²) in [6, 6.07) is -0.171. The van der Waals surface area contributed by atoms with E-state index in [0.717, 1.165) is 6.54 Å². The number of likely N-dealkylation sites (N-methyl/N-ethyl adjacent to an activating group) is 1. The first-order valence-corrected chi connectivity index (χ1v) is 8.63. The van der Waals surface area contributed by atoms with E-state index in [1.807, 2.05) is 11.8 Å². The molecule has 2 heterocycles. The second-order valence-corrected chi connectivity index (χ2v) is 7.64. The minimum absolute atomic E-state index is 0.0290. The molecule has 110 valence electrons. The van der Waals surface area contributed by atoms with E-state index < -0.39 is 9.84 Å². The molecule has 0 aromatic carbocycles. The van der Waals surface area contributed by atoms with Crippen molar-refractivity contribution in [1.82, 2.24) is 9.80 Å². The van der Waals surface area contributed by atoms with Crippen molar-refractivity contribution >= 4 is 15.7 Å². The summed E-state index contributed by atoms with van der Waals surface area (Å²) in [6.45, 7) is 3.96. The highest BCUT2D eigenvalue weighted by molar-refractivity contribution is 7.91. The lowest BCUT2D eigenvalue weighted by atomic mass is 10.2. The number of carbonyl (C=O) groups is 1. The minimum Gasteiger partial charge on any atom is -0.392 e. The molecule has 2 saturated heterocycles. The monoisotopic (exact) mass is 290 g/mol. The topological polar surface area (TPSA) is 77.9 Å². The number of aliphatic hydroxyl groups is 1. The summed E-state index contributed by atoms with van der Waals surface area (Å²) in [6.07, 6.45) is 0.914. The van der Waals surface area contributed by atoms with E-state index in [2.05, 4.69) is 0 Å². The number of likely N-dealkylation sites (tertiary alicyclic amines) is 1. The lowest BCUT2D eigenvalue weighted by Gasteiger charge is -2.28. The second kappa shape index (κ2) is 5.76. The summed E-state index contributed by atoms with van der Waals surface area (Å²) >= 11 is 0. The first-order valence-electron chi connectivity index (χ1n) is 6.81. The molecule has 2 aliphatic rings. The number of amides is 1. The summed E-state index contributed by atoms with van der Waals surface area (Å²) < 4.78 is 23.0. The summed E-state index contributed by atoms with van der Waals surface area (Å²) in [4.78, 5) is 15.8. The summed E-state index contributed by atoms with van der Waals surface area (Å²) in [7, 11) is -2.97. The Hall–Kier alpha value is -0.660. The maximum atomic E-state index is 12.2. The zero-order chi connectivity index (χ0) is 14.0. The largest absolute Gasteiger partial charge is 0.392 e. The molecular weight excluding hydrogens is 268 g/mol. The van der Waals surface area contributed by atoms with Gasteiger partial charge in [0.15, 0.2) is 9.84 Å². The molecule has 2 fully saturated rings. The third-order valence-corrected chi connectivity index (χ3v) is 5.67. The van der Waals surface area contributed by atoms with Crippen LogP contribution in [0.4, 0.5) is 0 Å². The van der Waals surface area contributed by atoms with Crippen molar-refractivity contribution in [3.63, 3.8) is 0 Å². The number of carbonyl (C=O) groups excluding carboxylic acids is 1. The number of aliphatic hydroxyl groups excluding tert-OH is 1. The van der Waals surface area contributed by atoms with Crippen LogP contribution in [-0.2, 0) is 14.6 Å². The molecule has 0 saturated carbocycles. The molecule has 19 heavy (non-hydrogen) atoms. The van der Waals surface area contributed by atoms with E-state index in [1.54, 1.807) is 4.90 Å². The van der Waals surface area contributed by atoms with E-state index in [1.165, 1.54) is 0 Å². The molecule has 7 heteroatoms. The SMILES string of the molecule is CCN(C(=O)CN1CCC(O)C1)C1CCS(=O)(=O)C1. The fourth-order valence-electron chi connectivity index (χ4n) is 2.90. The highest BCUT2D eigenvalue weighted by atomic mass is 32.2. The molecule has 2 rings (SSSR count). The zero-order valence-electron chi connectivity index (χ0n) is 11.3. The summed E-state index contributed by atoms with van der Waals surface area (Å²) in [5.41, 5.74) is 0. The van der Waals surface area contributed by atoms with E-state index in [-0.39, 0.29) is 36.1 Å². The third kappa shape index (κ3) is 3.67. The van der Waals surface area contributed by atoms with Gasteiger partial charge in [0, 0.05) is 25.7 Å². The van der Waals surface area contributed by atoms with Gasteiger partial charge in [0.2, 0.25) is 5.91 Å². The fourth-order valence-corrected chi connectivity index (χ4v) is 4.63. The van der Waals surface area contributed by atoms with Gasteiger partial charge in [0.05, 0.1) is 24.2 Å². The van der Waals surface area contributed by atoms with Crippen molar-refractivity contribution in [2.75, 3.05) is 37.7 Å². The Morgan fingerprint density at radius 1 is 1.42 bits per heavy atom. The van der Waals surface area contributed by atoms with Crippen LogP contribution in [0.5, 0.6) is 0 Å². The van der Waals surface area contributed by atoms with Gasteiger partial charge in [-0.25, -0.2) is 8.42 Å². The summed E-state index contributed by atoms with van der Waals surface area (Å²) in [5.74, 6) is 0.248. The number of β-amino-alcohol motifs (C(OH)–C–C–N with tert-alkyl or cyclic N) is 1. The van der Waals surface area contributed by atoms with Crippen molar-refractivity contribution in [3.8, 4) is 0 Å². The molecule has 0 radical (unpaired) electrons. The van der Waals surface area contributed by atoms with Crippen molar-refractivity contribution < 1.29 is 18.3 Å². The van der Waals surface area contributed by atoms with Gasteiger partial charge in [-0.05, 0) is 19.8 Å². The van der Waals surface area contributed by atoms with Crippen molar-refractivity contribution in [1.29, 1.82) is 0 Å². The van der Waals surface area contributed by atoms with Gasteiger partial charge in [-0.2, -0.15) is 0 Å². The smallest absolute Gasteiger partial charge is 0.237 e. The molecule has 0 aromatic heterocycles. The molecule has 1 N–H and O–H groups in total. The first kappa shape index (κ1) is 14.7. The zero-order valence-corrected chi connectivity index (χ0v) is 12.1. The van der Waals surface area contributed by atoms with Crippen LogP contribution in [0.15, 0.2) is 0 Å². The van der Waals surface area contributed by atoms with E-state index in [4.69, 9.17) is 0 Å². The molecule has 2 unspecified atom stereocenters. The van der Waals surface area contributed by atoms with Gasteiger partial charge in [-0.3, -0.25) is 9.69 Å². The average molecular weight is 290 g/mol. The average Bonchev–Trinajstić information content (AvgIpc) is 2.86. The molecule has 2 aliphatic heterocycles. The van der Waals surface area contributed by atoms with Crippen LogP contribution in [0.1, 0.15) is 19.8 Å². The van der Waals surface area contributed by atoms with Crippen LogP contribution in [-0.4, -0.2) is 79.1 Å². The van der Waals surface area contributed by atoms with Crippen molar-refractivity contribution in [3.05, 3.63) is 0 Å². The Labute approximate surface area is 114 Å². The first-order chi connectivity index (χ1) is 8.91. The Morgan fingerprint density at radius 3 is 2.63 bits per heavy atom. The normalized spacial score (nSPS) is 30.6. The molecule has 0 spiro atoms. The van der Waals surface area contributed by atoms with Gasteiger partial charge in [-0.1, -0.05) is 0 Å². The lowest BCUT2D eigenvalue weighted by molar-refractivity contribution is -0.133. The van der Waals surface area contributed by atoms with Gasteiger partial charge in [0.25, 0.3) is 0 Å². The van der Waals surface area contributed by atoms with Crippen LogP contribution in [0.25, 0.3) is 0 Å². The maximum Gasteiger partial charge on any atom is 0.237 e. The second-order valence-electron chi connectivity index (χ2n) is 5.41. The van der Waals surface area contributed by atoms with E-state index >= 15 is 0 Å². The Bertz CT molecular complexity index is 437. The standard InChI is InChI=1S/C12H22N2O4S/c1-2-14(10-4-6-19(17,18)9-10)12(16)8-13-5-3-11(15)7-13/h10-11,15H,2-9H2,1H3. The molecule has 0 bridgehead atoms. The molecule has 0 aliphatic carbocycles.